The summed E-state index contributed by atoms with van der Waals surface area (Å²) in [5.41, 5.74) is -0.906. The first-order valence-corrected chi connectivity index (χ1v) is 8.09. The van der Waals surface area contributed by atoms with Crippen LogP contribution >= 0.6 is 0 Å². The van der Waals surface area contributed by atoms with Crippen LogP contribution in [0.15, 0.2) is 0 Å². The van der Waals surface area contributed by atoms with Gasteiger partial charge in [0.05, 0.1) is 18.0 Å². The van der Waals surface area contributed by atoms with E-state index in [4.69, 9.17) is 0 Å². The van der Waals surface area contributed by atoms with Crippen LogP contribution in [0.1, 0.15) is 52.4 Å². The van der Waals surface area contributed by atoms with Crippen molar-refractivity contribution in [1.29, 1.82) is 5.26 Å². The van der Waals surface area contributed by atoms with Crippen LogP contribution in [0.4, 0.5) is 0 Å². The zero-order chi connectivity index (χ0) is 15.5. The van der Waals surface area contributed by atoms with Gasteiger partial charge in [0.2, 0.25) is 11.8 Å². The van der Waals surface area contributed by atoms with E-state index in [0.717, 1.165) is 25.7 Å². The number of fused-ring (bicyclic) bond motifs is 1. The summed E-state index contributed by atoms with van der Waals surface area (Å²) in [7, 11) is 0. The highest BCUT2D eigenvalue weighted by Crippen LogP contribution is 2.36. The van der Waals surface area contributed by atoms with Gasteiger partial charge in [0, 0.05) is 13.1 Å². The fourth-order valence-electron chi connectivity index (χ4n) is 3.83. The zero-order valence-electron chi connectivity index (χ0n) is 13.0. The van der Waals surface area contributed by atoms with Gasteiger partial charge in [-0.05, 0) is 25.7 Å². The molecular formula is C16H25N3O2. The van der Waals surface area contributed by atoms with E-state index in [9.17, 15) is 14.9 Å². The van der Waals surface area contributed by atoms with Crippen molar-refractivity contribution < 1.29 is 9.59 Å². The third-order valence-electron chi connectivity index (χ3n) is 4.84. The molecule has 0 aromatic heterocycles. The fraction of sp³-hybridized carbons (Fsp3) is 0.812. The van der Waals surface area contributed by atoms with Crippen molar-refractivity contribution in [3.63, 3.8) is 0 Å². The van der Waals surface area contributed by atoms with Gasteiger partial charge in [0.15, 0.2) is 0 Å². The van der Waals surface area contributed by atoms with Gasteiger partial charge in [-0.15, -0.1) is 0 Å². The molecule has 21 heavy (non-hydrogen) atoms. The van der Waals surface area contributed by atoms with Gasteiger partial charge < -0.3 is 10.2 Å². The van der Waals surface area contributed by atoms with Crippen molar-refractivity contribution in [3.05, 3.63) is 0 Å². The van der Waals surface area contributed by atoms with Gasteiger partial charge in [0.25, 0.3) is 0 Å². The molecule has 0 bridgehead atoms. The second-order valence-electron chi connectivity index (χ2n) is 6.25. The summed E-state index contributed by atoms with van der Waals surface area (Å²) < 4.78 is 0. The molecule has 2 fully saturated rings. The molecule has 2 aliphatic heterocycles. The lowest BCUT2D eigenvalue weighted by Crippen LogP contribution is -2.53. The Hall–Kier alpha value is -1.57. The molecule has 116 valence electrons. The highest BCUT2D eigenvalue weighted by atomic mass is 16.2. The topological polar surface area (TPSA) is 73.2 Å². The van der Waals surface area contributed by atoms with E-state index in [1.165, 1.54) is 0 Å². The standard InChI is InChI=1S/C16H25N3O2/c1-3-7-16(11-17,8-4-2)15(21)19-9-5-6-12-13(19)10-18-14(12)20/h12-13H,3-10H2,1-2H3,(H,18,20). The number of nitrogens with one attached hydrogen (secondary N) is 1. The molecule has 0 aromatic carbocycles. The van der Waals surface area contributed by atoms with Gasteiger partial charge >= 0.3 is 0 Å². The van der Waals surface area contributed by atoms with E-state index in [0.29, 0.717) is 25.9 Å². The summed E-state index contributed by atoms with van der Waals surface area (Å²) in [5.74, 6) is -0.0757. The number of carbonyl (C=O) groups is 2. The van der Waals surface area contributed by atoms with Gasteiger partial charge in [0.1, 0.15) is 5.41 Å². The van der Waals surface area contributed by atoms with Crippen molar-refractivity contribution in [2.45, 2.75) is 58.4 Å². The number of amides is 2. The number of piperidine rings is 1. The number of rotatable bonds is 5. The van der Waals surface area contributed by atoms with Crippen LogP contribution < -0.4 is 5.32 Å². The van der Waals surface area contributed by atoms with E-state index < -0.39 is 5.41 Å². The molecule has 0 aliphatic carbocycles. The molecule has 0 aromatic rings. The van der Waals surface area contributed by atoms with E-state index >= 15 is 0 Å². The Kier molecular flexibility index (Phi) is 4.87. The summed E-state index contributed by atoms with van der Waals surface area (Å²) in [5, 5.41) is 12.5. The van der Waals surface area contributed by atoms with Crippen molar-refractivity contribution in [2.24, 2.45) is 11.3 Å². The van der Waals surface area contributed by atoms with Gasteiger partial charge in [-0.1, -0.05) is 26.7 Å². The van der Waals surface area contributed by atoms with Crippen LogP contribution in [0.25, 0.3) is 0 Å². The molecule has 1 N–H and O–H groups in total. The van der Waals surface area contributed by atoms with Crippen molar-refractivity contribution >= 4 is 11.8 Å². The minimum Gasteiger partial charge on any atom is -0.354 e. The number of nitrogens with zero attached hydrogens (tertiary/aromatic N) is 2. The molecule has 0 saturated carbocycles. The van der Waals surface area contributed by atoms with Crippen LogP contribution in [-0.4, -0.2) is 35.8 Å². The fourth-order valence-corrected chi connectivity index (χ4v) is 3.83. The second kappa shape index (κ2) is 6.46. The molecule has 2 atom stereocenters. The van der Waals surface area contributed by atoms with Crippen LogP contribution in [-0.2, 0) is 9.59 Å². The third-order valence-corrected chi connectivity index (χ3v) is 4.84. The van der Waals surface area contributed by atoms with Gasteiger partial charge in [-0.2, -0.15) is 5.26 Å². The van der Waals surface area contributed by atoms with Crippen molar-refractivity contribution in [3.8, 4) is 6.07 Å². The predicted octanol–water partition coefficient (Wildman–Crippen LogP) is 1.83. The van der Waals surface area contributed by atoms with Crippen LogP contribution in [0, 0.1) is 22.7 Å². The summed E-state index contributed by atoms with van der Waals surface area (Å²) >= 11 is 0. The number of hydrogen-bond acceptors (Lipinski definition) is 3. The highest BCUT2D eigenvalue weighted by Gasteiger charge is 2.48. The SMILES string of the molecule is CCCC(C#N)(CCC)C(=O)N1CCCC2C(=O)NCC21. The molecule has 2 aliphatic rings. The maximum Gasteiger partial charge on any atom is 0.243 e. The molecule has 5 heteroatoms. The van der Waals surface area contributed by atoms with E-state index in [-0.39, 0.29) is 23.8 Å². The summed E-state index contributed by atoms with van der Waals surface area (Å²) in [6.07, 6.45) is 4.54. The lowest BCUT2D eigenvalue weighted by molar-refractivity contribution is -0.145. The lowest BCUT2D eigenvalue weighted by atomic mass is 9.78. The zero-order valence-corrected chi connectivity index (χ0v) is 13.0. The maximum absolute atomic E-state index is 13.0. The summed E-state index contributed by atoms with van der Waals surface area (Å²) in [4.78, 5) is 26.7. The predicted molar refractivity (Wildman–Crippen MR) is 79.1 cm³/mol. The Morgan fingerprint density at radius 1 is 1.43 bits per heavy atom. The first-order chi connectivity index (χ1) is 10.1. The first kappa shape index (κ1) is 15.8. The monoisotopic (exact) mass is 291 g/mol. The molecule has 2 unspecified atom stereocenters. The molecule has 0 radical (unpaired) electrons. The lowest BCUT2D eigenvalue weighted by Gasteiger charge is -2.40. The van der Waals surface area contributed by atoms with E-state index in [1.807, 2.05) is 18.7 Å². The first-order valence-electron chi connectivity index (χ1n) is 8.09. The smallest absolute Gasteiger partial charge is 0.243 e. The average Bonchev–Trinajstić information content (AvgIpc) is 2.88. The van der Waals surface area contributed by atoms with Gasteiger partial charge in [-0.25, -0.2) is 0 Å². The normalized spacial score (nSPS) is 25.2. The van der Waals surface area contributed by atoms with E-state index in [1.54, 1.807) is 0 Å². The summed E-state index contributed by atoms with van der Waals surface area (Å²) in [6.45, 7) is 5.23. The Morgan fingerprint density at radius 2 is 2.10 bits per heavy atom. The Bertz CT molecular complexity index is 449. The minimum atomic E-state index is -0.906. The van der Waals surface area contributed by atoms with Crippen molar-refractivity contribution in [2.75, 3.05) is 13.1 Å². The molecule has 2 amide bonds. The van der Waals surface area contributed by atoms with Crippen molar-refractivity contribution in [1.82, 2.24) is 10.2 Å². The van der Waals surface area contributed by atoms with E-state index in [2.05, 4.69) is 11.4 Å². The molecule has 5 nitrogen and oxygen atoms in total. The number of nitriles is 1. The quantitative estimate of drug-likeness (QED) is 0.840. The molecule has 2 saturated heterocycles. The molecular weight excluding hydrogens is 266 g/mol. The maximum atomic E-state index is 13.0. The largest absolute Gasteiger partial charge is 0.354 e. The Balaban J connectivity index is 2.24. The average molecular weight is 291 g/mol. The number of hydrogen-bond donors (Lipinski definition) is 1. The number of likely N-dealkylation sites (tertiary alicyclic amines) is 1. The van der Waals surface area contributed by atoms with Crippen LogP contribution in [0.3, 0.4) is 0 Å². The Morgan fingerprint density at radius 3 is 2.67 bits per heavy atom. The molecule has 2 heterocycles. The summed E-state index contributed by atoms with van der Waals surface area (Å²) in [6, 6.07) is 2.25. The van der Waals surface area contributed by atoms with Crippen LogP contribution in [0.2, 0.25) is 0 Å². The van der Waals surface area contributed by atoms with Crippen LogP contribution in [0.5, 0.6) is 0 Å². The molecule has 2 rings (SSSR count). The molecule has 0 spiro atoms. The number of carbonyl (C=O) groups excluding carboxylic acids is 2. The van der Waals surface area contributed by atoms with Gasteiger partial charge in [-0.3, -0.25) is 9.59 Å². The highest BCUT2D eigenvalue weighted by molar-refractivity contribution is 5.88. The minimum absolute atomic E-state index is 0.0554. The third kappa shape index (κ3) is 2.76. The Labute approximate surface area is 126 Å². The second-order valence-corrected chi connectivity index (χ2v) is 6.25.